The van der Waals surface area contributed by atoms with Crippen LogP contribution < -0.4 is 5.73 Å². The number of benzene rings is 1. The normalized spacial score (nSPS) is 23.6. The Morgan fingerprint density at radius 3 is 2.43 bits per heavy atom. The molecule has 2 rings (SSSR count). The van der Waals surface area contributed by atoms with E-state index in [-0.39, 0.29) is 11.8 Å². The van der Waals surface area contributed by atoms with E-state index in [9.17, 15) is 4.79 Å². The first-order valence-electron chi connectivity index (χ1n) is 7.74. The summed E-state index contributed by atoms with van der Waals surface area (Å²) in [5.74, 6) is 0.491. The number of hydrogen-bond donors (Lipinski definition) is 1. The first-order valence-corrected chi connectivity index (χ1v) is 8.53. The van der Waals surface area contributed by atoms with E-state index in [0.29, 0.717) is 18.5 Å². The largest absolute Gasteiger partial charge is 0.343 e. The summed E-state index contributed by atoms with van der Waals surface area (Å²) >= 11 is 3.44. The first kappa shape index (κ1) is 16.5. The van der Waals surface area contributed by atoms with Gasteiger partial charge in [0.05, 0.1) is 0 Å². The molecule has 1 amide bonds. The summed E-state index contributed by atoms with van der Waals surface area (Å²) in [7, 11) is 1.94. The van der Waals surface area contributed by atoms with Gasteiger partial charge in [0.2, 0.25) is 5.91 Å². The molecule has 0 aliphatic heterocycles. The summed E-state index contributed by atoms with van der Waals surface area (Å²) in [5.41, 5.74) is 7.15. The Kier molecular flexibility index (Phi) is 5.82. The number of carbonyl (C=O) groups is 1. The van der Waals surface area contributed by atoms with Gasteiger partial charge in [-0.25, -0.2) is 0 Å². The van der Waals surface area contributed by atoms with Crippen molar-refractivity contribution in [2.24, 2.45) is 5.73 Å². The minimum Gasteiger partial charge on any atom is -0.343 e. The summed E-state index contributed by atoms with van der Waals surface area (Å²) in [4.78, 5) is 14.4. The van der Waals surface area contributed by atoms with Crippen LogP contribution in [0.2, 0.25) is 0 Å². The zero-order chi connectivity index (χ0) is 15.4. The van der Waals surface area contributed by atoms with Crippen molar-refractivity contribution in [1.82, 2.24) is 4.90 Å². The lowest BCUT2D eigenvalue weighted by atomic mass is 9.90. The Balaban J connectivity index is 1.89. The molecule has 2 N–H and O–H groups in total. The molecule has 0 saturated heterocycles. The van der Waals surface area contributed by atoms with Gasteiger partial charge in [0.15, 0.2) is 0 Å². The smallest absolute Gasteiger partial charge is 0.223 e. The molecule has 1 aliphatic rings. The molecule has 1 aromatic rings. The Labute approximate surface area is 136 Å². The average molecular weight is 353 g/mol. The fourth-order valence-electron chi connectivity index (χ4n) is 3.01. The van der Waals surface area contributed by atoms with Crippen LogP contribution in [0.5, 0.6) is 0 Å². The van der Waals surface area contributed by atoms with E-state index in [2.05, 4.69) is 35.0 Å². The molecular weight excluding hydrogens is 328 g/mol. The predicted molar refractivity (Wildman–Crippen MR) is 90.2 cm³/mol. The van der Waals surface area contributed by atoms with Crippen molar-refractivity contribution < 1.29 is 4.79 Å². The Bertz CT molecular complexity index is 466. The molecule has 0 heterocycles. The summed E-state index contributed by atoms with van der Waals surface area (Å²) in [5, 5.41) is 0. The van der Waals surface area contributed by atoms with E-state index in [1.54, 1.807) is 0 Å². The maximum absolute atomic E-state index is 12.5. The molecule has 1 aromatic carbocycles. The van der Waals surface area contributed by atoms with Gasteiger partial charge in [0.1, 0.15) is 0 Å². The van der Waals surface area contributed by atoms with E-state index in [0.717, 1.165) is 30.2 Å². The van der Waals surface area contributed by atoms with Crippen LogP contribution in [0.15, 0.2) is 28.7 Å². The van der Waals surface area contributed by atoms with Crippen LogP contribution in [0.1, 0.15) is 50.5 Å². The Morgan fingerprint density at radius 1 is 1.29 bits per heavy atom. The van der Waals surface area contributed by atoms with E-state index in [1.165, 1.54) is 5.56 Å². The third-order valence-corrected chi connectivity index (χ3v) is 5.13. The van der Waals surface area contributed by atoms with Crippen LogP contribution in [0, 0.1) is 0 Å². The SMILES string of the molecule is CC(CC(=O)N(C)C1CCC(N)CC1)c1ccc(Br)cc1. The third-order valence-electron chi connectivity index (χ3n) is 4.60. The standard InChI is InChI=1S/C17H25BrN2O/c1-12(13-3-5-14(18)6-4-13)11-17(21)20(2)16-9-7-15(19)8-10-16/h3-6,12,15-16H,7-11,19H2,1-2H3. The maximum Gasteiger partial charge on any atom is 0.223 e. The summed E-state index contributed by atoms with van der Waals surface area (Å²) in [6.07, 6.45) is 4.71. The van der Waals surface area contributed by atoms with Gasteiger partial charge in [-0.05, 0) is 49.3 Å². The zero-order valence-corrected chi connectivity index (χ0v) is 14.5. The molecule has 0 spiro atoms. The monoisotopic (exact) mass is 352 g/mol. The number of rotatable bonds is 4. The number of amides is 1. The summed E-state index contributed by atoms with van der Waals surface area (Å²) in [6.45, 7) is 2.12. The predicted octanol–water partition coefficient (Wildman–Crippen LogP) is 3.67. The number of carbonyl (C=O) groups excluding carboxylic acids is 1. The lowest BCUT2D eigenvalue weighted by Crippen LogP contribution is -2.42. The highest BCUT2D eigenvalue weighted by atomic mass is 79.9. The second-order valence-electron chi connectivity index (χ2n) is 6.23. The quantitative estimate of drug-likeness (QED) is 0.898. The van der Waals surface area contributed by atoms with Crippen molar-refractivity contribution in [3.05, 3.63) is 34.3 Å². The molecule has 1 aliphatic carbocycles. The van der Waals surface area contributed by atoms with E-state index in [4.69, 9.17) is 5.73 Å². The van der Waals surface area contributed by atoms with Crippen LogP contribution in [0.3, 0.4) is 0 Å². The number of hydrogen-bond acceptors (Lipinski definition) is 2. The Hall–Kier alpha value is -0.870. The highest BCUT2D eigenvalue weighted by molar-refractivity contribution is 9.10. The fraction of sp³-hybridized carbons (Fsp3) is 0.588. The second-order valence-corrected chi connectivity index (χ2v) is 7.15. The van der Waals surface area contributed by atoms with Crippen LogP contribution in [0.25, 0.3) is 0 Å². The van der Waals surface area contributed by atoms with Crippen molar-refractivity contribution in [3.63, 3.8) is 0 Å². The lowest BCUT2D eigenvalue weighted by Gasteiger charge is -2.34. The zero-order valence-electron chi connectivity index (χ0n) is 12.9. The minimum atomic E-state index is 0.242. The molecule has 4 heteroatoms. The summed E-state index contributed by atoms with van der Waals surface area (Å²) in [6, 6.07) is 8.93. The molecule has 1 fully saturated rings. The molecule has 1 unspecified atom stereocenters. The van der Waals surface area contributed by atoms with Gasteiger partial charge < -0.3 is 10.6 Å². The van der Waals surface area contributed by atoms with E-state index in [1.807, 2.05) is 24.1 Å². The maximum atomic E-state index is 12.5. The van der Waals surface area contributed by atoms with Gasteiger partial charge in [-0.2, -0.15) is 0 Å². The van der Waals surface area contributed by atoms with E-state index < -0.39 is 0 Å². The van der Waals surface area contributed by atoms with Crippen molar-refractivity contribution in [1.29, 1.82) is 0 Å². The minimum absolute atomic E-state index is 0.242. The van der Waals surface area contributed by atoms with Gasteiger partial charge in [-0.3, -0.25) is 4.79 Å². The number of halogens is 1. The molecule has 1 atom stereocenters. The molecule has 0 radical (unpaired) electrons. The van der Waals surface area contributed by atoms with Gasteiger partial charge in [-0.15, -0.1) is 0 Å². The van der Waals surface area contributed by atoms with Gasteiger partial charge in [0.25, 0.3) is 0 Å². The van der Waals surface area contributed by atoms with Crippen molar-refractivity contribution in [2.45, 2.75) is 57.0 Å². The number of nitrogens with zero attached hydrogens (tertiary/aromatic N) is 1. The average Bonchev–Trinajstić information content (AvgIpc) is 2.47. The van der Waals surface area contributed by atoms with Crippen molar-refractivity contribution >= 4 is 21.8 Å². The Morgan fingerprint density at radius 2 is 1.86 bits per heavy atom. The second kappa shape index (κ2) is 7.41. The molecule has 3 nitrogen and oxygen atoms in total. The fourth-order valence-corrected chi connectivity index (χ4v) is 3.27. The van der Waals surface area contributed by atoms with Crippen LogP contribution in [-0.2, 0) is 4.79 Å². The molecule has 0 bridgehead atoms. The molecule has 21 heavy (non-hydrogen) atoms. The summed E-state index contributed by atoms with van der Waals surface area (Å²) < 4.78 is 1.07. The molecule has 116 valence electrons. The van der Waals surface area contributed by atoms with Gasteiger partial charge >= 0.3 is 0 Å². The molecular formula is C17H25BrN2O. The van der Waals surface area contributed by atoms with Crippen LogP contribution in [0.4, 0.5) is 0 Å². The highest BCUT2D eigenvalue weighted by Crippen LogP contribution is 2.25. The van der Waals surface area contributed by atoms with Gasteiger partial charge in [-0.1, -0.05) is 35.0 Å². The van der Waals surface area contributed by atoms with Crippen LogP contribution >= 0.6 is 15.9 Å². The topological polar surface area (TPSA) is 46.3 Å². The molecule has 0 aromatic heterocycles. The van der Waals surface area contributed by atoms with Gasteiger partial charge in [0, 0.05) is 30.0 Å². The molecule has 1 saturated carbocycles. The third kappa shape index (κ3) is 4.55. The van der Waals surface area contributed by atoms with E-state index >= 15 is 0 Å². The lowest BCUT2D eigenvalue weighted by molar-refractivity contribution is -0.132. The van der Waals surface area contributed by atoms with Crippen molar-refractivity contribution in [3.8, 4) is 0 Å². The van der Waals surface area contributed by atoms with Crippen LogP contribution in [-0.4, -0.2) is 29.9 Å². The van der Waals surface area contributed by atoms with Crippen molar-refractivity contribution in [2.75, 3.05) is 7.05 Å². The first-order chi connectivity index (χ1) is 9.97. The highest BCUT2D eigenvalue weighted by Gasteiger charge is 2.25. The number of nitrogens with two attached hydrogens (primary N) is 1.